The summed E-state index contributed by atoms with van der Waals surface area (Å²) in [4.78, 5) is 4.29. The molecule has 2 aromatic heterocycles. The van der Waals surface area contributed by atoms with E-state index in [2.05, 4.69) is 21.3 Å². The second kappa shape index (κ2) is 5.72. The van der Waals surface area contributed by atoms with Crippen LogP contribution in [0.4, 0.5) is 28.6 Å². The maximum atomic E-state index is 9.10. The number of hydrogen-bond donors (Lipinski definition) is 3. The van der Waals surface area contributed by atoms with Crippen LogP contribution < -0.4 is 17.2 Å². The fraction of sp³-hybridized carbons (Fsp3) is 0.0667. The Morgan fingerprint density at radius 1 is 1.09 bits per heavy atom. The molecule has 114 valence electrons. The summed E-state index contributed by atoms with van der Waals surface area (Å²) in [5, 5.41) is 17.9. The second-order valence-electron chi connectivity index (χ2n) is 4.93. The fourth-order valence-electron chi connectivity index (χ4n) is 2.10. The molecule has 3 aromatic rings. The van der Waals surface area contributed by atoms with Crippen LogP contribution in [0.25, 0.3) is 9.78 Å². The molecule has 0 atom stereocenters. The Labute approximate surface area is 138 Å². The van der Waals surface area contributed by atoms with Crippen LogP contribution in [-0.2, 0) is 0 Å². The molecule has 0 radical (unpaired) electrons. The van der Waals surface area contributed by atoms with E-state index in [1.54, 1.807) is 0 Å². The van der Waals surface area contributed by atoms with Crippen LogP contribution in [0.3, 0.4) is 0 Å². The number of hydrogen-bond acceptors (Lipinski definition) is 7. The summed E-state index contributed by atoms with van der Waals surface area (Å²) >= 11 is -0.275. The van der Waals surface area contributed by atoms with Crippen LogP contribution >= 0.6 is 0 Å². The minimum absolute atomic E-state index is 0.186. The van der Waals surface area contributed by atoms with Gasteiger partial charge in [-0.25, -0.2) is 0 Å². The zero-order valence-electron chi connectivity index (χ0n) is 12.2. The molecule has 0 unspecified atom stereocenters. The van der Waals surface area contributed by atoms with Gasteiger partial charge in [0, 0.05) is 0 Å². The van der Waals surface area contributed by atoms with Crippen molar-refractivity contribution < 1.29 is 0 Å². The van der Waals surface area contributed by atoms with Gasteiger partial charge < -0.3 is 0 Å². The van der Waals surface area contributed by atoms with Crippen molar-refractivity contribution in [2.45, 2.75) is 6.92 Å². The summed E-state index contributed by atoms with van der Waals surface area (Å²) < 4.78 is 1.16. The number of benzene rings is 1. The number of aryl methyl sites for hydroxylation is 1. The van der Waals surface area contributed by atoms with E-state index in [9.17, 15) is 0 Å². The van der Waals surface area contributed by atoms with Crippen LogP contribution in [0, 0.1) is 18.3 Å². The topological polar surface area (TPSA) is 139 Å². The van der Waals surface area contributed by atoms with E-state index in [0.717, 1.165) is 5.56 Å². The number of pyridine rings is 1. The average Bonchev–Trinajstić information content (AvgIpc) is 2.84. The van der Waals surface area contributed by atoms with Gasteiger partial charge in [0.25, 0.3) is 0 Å². The fourth-order valence-corrected chi connectivity index (χ4v) is 4.02. The normalized spacial score (nSPS) is 11.1. The van der Waals surface area contributed by atoms with Gasteiger partial charge >= 0.3 is 138 Å². The van der Waals surface area contributed by atoms with Crippen molar-refractivity contribution >= 4 is 52.8 Å². The predicted molar refractivity (Wildman–Crippen MR) is 92.0 cm³/mol. The van der Waals surface area contributed by atoms with Crippen molar-refractivity contribution in [3.05, 3.63) is 34.3 Å². The summed E-state index contributed by atoms with van der Waals surface area (Å²) in [6, 6.07) is 9.64. The predicted octanol–water partition coefficient (Wildman–Crippen LogP) is 2.63. The van der Waals surface area contributed by atoms with Crippen LogP contribution in [0.1, 0.15) is 10.0 Å². The Kier molecular flexibility index (Phi) is 3.74. The monoisotopic (exact) mass is 371 g/mol. The number of nitriles is 1. The van der Waals surface area contributed by atoms with Gasteiger partial charge in [0.15, 0.2) is 0 Å². The maximum absolute atomic E-state index is 9.10. The van der Waals surface area contributed by atoms with Gasteiger partial charge in [-0.1, -0.05) is 0 Å². The Morgan fingerprint density at radius 2 is 1.78 bits per heavy atom. The molecule has 0 saturated carbocycles. The molecular weight excluding hydrogens is 357 g/mol. The third-order valence-electron chi connectivity index (χ3n) is 3.32. The first-order valence-corrected chi connectivity index (χ1v) is 8.38. The van der Waals surface area contributed by atoms with E-state index in [0.29, 0.717) is 31.3 Å². The molecule has 0 bridgehead atoms. The standard InChI is InChI=1S/C15H13N7Se/c1-7-2-4-8(5-3-7)21-22-13-12(18)10-11(17)9(6-16)23-15(10)20-14(13)19/h2-5H,17H2,1H3,(H4,18,19,20). The zero-order chi connectivity index (χ0) is 16.6. The van der Waals surface area contributed by atoms with Gasteiger partial charge in [-0.3, -0.25) is 0 Å². The van der Waals surface area contributed by atoms with Crippen molar-refractivity contribution in [3.8, 4) is 6.07 Å². The van der Waals surface area contributed by atoms with Crippen LogP contribution in [0.15, 0.2) is 34.5 Å². The minimum atomic E-state index is -0.275. The number of azo groups is 1. The number of nitrogens with two attached hydrogens (primary N) is 3. The first-order valence-electron chi connectivity index (χ1n) is 6.66. The van der Waals surface area contributed by atoms with Crippen molar-refractivity contribution in [1.29, 1.82) is 5.26 Å². The van der Waals surface area contributed by atoms with Crippen molar-refractivity contribution in [2.24, 2.45) is 10.2 Å². The van der Waals surface area contributed by atoms with E-state index in [1.165, 1.54) is 0 Å². The molecule has 0 aliphatic heterocycles. The number of rotatable bonds is 2. The summed E-state index contributed by atoms with van der Waals surface area (Å²) in [5.74, 6) is 0.186. The van der Waals surface area contributed by atoms with E-state index < -0.39 is 0 Å². The van der Waals surface area contributed by atoms with Crippen molar-refractivity contribution in [2.75, 3.05) is 17.2 Å². The summed E-state index contributed by atoms with van der Waals surface area (Å²) in [6.07, 6.45) is 0. The van der Waals surface area contributed by atoms with Gasteiger partial charge in [0.05, 0.1) is 0 Å². The van der Waals surface area contributed by atoms with Crippen molar-refractivity contribution in [3.63, 3.8) is 0 Å². The van der Waals surface area contributed by atoms with Gasteiger partial charge in [0.1, 0.15) is 0 Å². The Bertz CT molecular complexity index is 964. The molecule has 0 saturated heterocycles. The molecule has 0 amide bonds. The molecule has 0 fully saturated rings. The SMILES string of the molecule is Cc1ccc(N=Nc2c(N)nc3[se]c(C#N)c(N)c3c2N)cc1. The molecule has 0 spiro atoms. The molecule has 1 aromatic carbocycles. The zero-order valence-corrected chi connectivity index (χ0v) is 14.0. The van der Waals surface area contributed by atoms with Crippen molar-refractivity contribution in [1.82, 2.24) is 4.98 Å². The number of anilines is 3. The second-order valence-corrected chi connectivity index (χ2v) is 7.03. The molecule has 6 N–H and O–H groups in total. The quantitative estimate of drug-likeness (QED) is 0.470. The number of fused-ring (bicyclic) bond motifs is 1. The molecule has 0 aliphatic rings. The average molecular weight is 370 g/mol. The first-order chi connectivity index (χ1) is 11.0. The Hall–Kier alpha value is -2.88. The molecule has 2 heterocycles. The Morgan fingerprint density at radius 3 is 2.43 bits per heavy atom. The molecule has 3 rings (SSSR count). The molecule has 7 nitrogen and oxygen atoms in total. The number of nitrogen functional groups attached to an aromatic ring is 3. The van der Waals surface area contributed by atoms with E-state index in [1.807, 2.05) is 31.2 Å². The van der Waals surface area contributed by atoms with E-state index in [-0.39, 0.29) is 26.0 Å². The molecular formula is C15H13N7Se. The van der Waals surface area contributed by atoms with Gasteiger partial charge in [-0.2, -0.15) is 0 Å². The van der Waals surface area contributed by atoms with E-state index in [4.69, 9.17) is 22.5 Å². The van der Waals surface area contributed by atoms with Crippen LogP contribution in [0.2, 0.25) is 0 Å². The number of nitrogens with zero attached hydrogens (tertiary/aromatic N) is 4. The van der Waals surface area contributed by atoms with Crippen LogP contribution in [0.5, 0.6) is 0 Å². The number of aromatic nitrogens is 1. The van der Waals surface area contributed by atoms with E-state index >= 15 is 0 Å². The van der Waals surface area contributed by atoms with Gasteiger partial charge in [0.2, 0.25) is 0 Å². The van der Waals surface area contributed by atoms with Gasteiger partial charge in [-0.05, 0) is 0 Å². The summed E-state index contributed by atoms with van der Waals surface area (Å²) in [5.41, 5.74) is 20.8. The first kappa shape index (κ1) is 15.0. The third-order valence-corrected chi connectivity index (χ3v) is 5.42. The third kappa shape index (κ3) is 2.63. The summed E-state index contributed by atoms with van der Waals surface area (Å²) in [7, 11) is 0. The Balaban J connectivity index is 2.12. The van der Waals surface area contributed by atoms with Crippen LogP contribution in [-0.4, -0.2) is 19.5 Å². The van der Waals surface area contributed by atoms with Gasteiger partial charge in [-0.15, -0.1) is 0 Å². The molecule has 0 aliphatic carbocycles. The summed E-state index contributed by atoms with van der Waals surface area (Å²) in [6.45, 7) is 1.99. The molecule has 23 heavy (non-hydrogen) atoms. The molecule has 8 heteroatoms.